The van der Waals surface area contributed by atoms with E-state index in [9.17, 15) is 0 Å². The maximum Gasteiger partial charge on any atom is 0.0750 e. The number of rotatable bonds is 6. The molecule has 1 aromatic carbocycles. The van der Waals surface area contributed by atoms with Crippen molar-refractivity contribution in [1.82, 2.24) is 5.32 Å². The molecule has 0 radical (unpaired) electrons. The predicted molar refractivity (Wildman–Crippen MR) is 73.6 cm³/mol. The van der Waals surface area contributed by atoms with Gasteiger partial charge in [-0.25, -0.2) is 0 Å². The molecule has 3 heteroatoms. The molecule has 0 aliphatic carbocycles. The van der Waals surface area contributed by atoms with Gasteiger partial charge >= 0.3 is 0 Å². The first-order valence-electron chi connectivity index (χ1n) is 6.07. The summed E-state index contributed by atoms with van der Waals surface area (Å²) in [5, 5.41) is 4.25. The molecule has 0 aliphatic rings. The summed E-state index contributed by atoms with van der Waals surface area (Å²) in [6, 6.07) is 8.21. The predicted octanol–water partition coefficient (Wildman–Crippen LogP) is 3.81. The van der Waals surface area contributed by atoms with Gasteiger partial charge in [0.25, 0.3) is 0 Å². The molecular formula is C14H22ClNO. The van der Waals surface area contributed by atoms with Crippen LogP contribution in [0.3, 0.4) is 0 Å². The van der Waals surface area contributed by atoms with Crippen molar-refractivity contribution in [3.05, 3.63) is 34.9 Å². The fourth-order valence-corrected chi connectivity index (χ4v) is 1.93. The van der Waals surface area contributed by atoms with Gasteiger partial charge in [0.05, 0.1) is 5.60 Å². The van der Waals surface area contributed by atoms with Crippen LogP contribution >= 0.6 is 11.6 Å². The van der Waals surface area contributed by atoms with E-state index >= 15 is 0 Å². The molecule has 0 fully saturated rings. The summed E-state index contributed by atoms with van der Waals surface area (Å²) < 4.78 is 5.65. The highest BCUT2D eigenvalue weighted by Gasteiger charge is 2.18. The topological polar surface area (TPSA) is 21.3 Å². The summed E-state index contributed by atoms with van der Waals surface area (Å²) in [7, 11) is 0. The Morgan fingerprint density at radius 2 is 2.12 bits per heavy atom. The zero-order valence-electron chi connectivity index (χ0n) is 11.1. The van der Waals surface area contributed by atoms with Crippen molar-refractivity contribution in [2.75, 3.05) is 13.2 Å². The van der Waals surface area contributed by atoms with E-state index in [1.54, 1.807) is 0 Å². The van der Waals surface area contributed by atoms with Crippen molar-refractivity contribution < 1.29 is 4.74 Å². The molecular weight excluding hydrogens is 234 g/mol. The van der Waals surface area contributed by atoms with E-state index in [-0.39, 0.29) is 11.6 Å². The molecule has 0 bridgehead atoms. The third-order valence-corrected chi connectivity index (χ3v) is 2.95. The summed E-state index contributed by atoms with van der Waals surface area (Å²) in [5.41, 5.74) is 1.06. The molecule has 96 valence electrons. The molecule has 0 aliphatic heterocycles. The molecule has 1 rings (SSSR count). The first kappa shape index (κ1) is 14.5. The van der Waals surface area contributed by atoms with Gasteiger partial charge in [-0.15, -0.1) is 0 Å². The van der Waals surface area contributed by atoms with E-state index in [0.29, 0.717) is 0 Å². The second-order valence-electron chi connectivity index (χ2n) is 4.85. The number of hydrogen-bond donors (Lipinski definition) is 1. The Labute approximate surface area is 109 Å². The van der Waals surface area contributed by atoms with Crippen LogP contribution in [0.4, 0.5) is 0 Å². The third kappa shape index (κ3) is 5.07. The van der Waals surface area contributed by atoms with Crippen molar-refractivity contribution in [3.63, 3.8) is 0 Å². The van der Waals surface area contributed by atoms with Gasteiger partial charge in [0.1, 0.15) is 0 Å². The number of ether oxygens (including phenoxy) is 1. The summed E-state index contributed by atoms with van der Waals surface area (Å²) in [4.78, 5) is 0. The van der Waals surface area contributed by atoms with Gasteiger partial charge in [-0.3, -0.25) is 0 Å². The molecule has 1 atom stereocenters. The molecule has 2 nitrogen and oxygen atoms in total. The second-order valence-corrected chi connectivity index (χ2v) is 5.29. The Morgan fingerprint density at radius 1 is 1.41 bits per heavy atom. The van der Waals surface area contributed by atoms with Crippen LogP contribution < -0.4 is 5.32 Å². The van der Waals surface area contributed by atoms with E-state index in [4.69, 9.17) is 16.3 Å². The van der Waals surface area contributed by atoms with E-state index in [1.165, 1.54) is 5.56 Å². The minimum Gasteiger partial charge on any atom is -0.375 e. The van der Waals surface area contributed by atoms with Crippen LogP contribution in [-0.2, 0) is 4.74 Å². The lowest BCUT2D eigenvalue weighted by atomic mass is 10.1. The average molecular weight is 256 g/mol. The summed E-state index contributed by atoms with van der Waals surface area (Å²) in [5.74, 6) is 0. The van der Waals surface area contributed by atoms with E-state index in [0.717, 1.165) is 18.2 Å². The van der Waals surface area contributed by atoms with Crippen LogP contribution in [0.5, 0.6) is 0 Å². The highest BCUT2D eigenvalue weighted by molar-refractivity contribution is 6.30. The largest absolute Gasteiger partial charge is 0.375 e. The summed E-state index contributed by atoms with van der Waals surface area (Å²) in [6.45, 7) is 9.88. The Morgan fingerprint density at radius 3 is 2.71 bits per heavy atom. The molecule has 0 heterocycles. The first-order valence-corrected chi connectivity index (χ1v) is 6.45. The summed E-state index contributed by atoms with van der Waals surface area (Å²) >= 11 is 5.98. The van der Waals surface area contributed by atoms with Crippen molar-refractivity contribution in [2.45, 2.75) is 39.3 Å². The molecule has 0 saturated carbocycles. The van der Waals surface area contributed by atoms with Crippen LogP contribution in [-0.4, -0.2) is 18.8 Å². The van der Waals surface area contributed by atoms with Crippen LogP contribution in [0.25, 0.3) is 0 Å². The SMILES string of the molecule is CCOC(C)(C)CNC(C)c1cccc(Cl)c1. The fraction of sp³-hybridized carbons (Fsp3) is 0.571. The highest BCUT2D eigenvalue weighted by Crippen LogP contribution is 2.18. The fourth-order valence-electron chi connectivity index (χ4n) is 1.73. The maximum absolute atomic E-state index is 5.98. The van der Waals surface area contributed by atoms with Crippen LogP contribution in [0, 0.1) is 0 Å². The number of hydrogen-bond acceptors (Lipinski definition) is 2. The number of halogens is 1. The van der Waals surface area contributed by atoms with Gasteiger partial charge in [0.2, 0.25) is 0 Å². The molecule has 1 aromatic rings. The second kappa shape index (κ2) is 6.39. The maximum atomic E-state index is 5.98. The highest BCUT2D eigenvalue weighted by atomic mass is 35.5. The Kier molecular flexibility index (Phi) is 5.44. The van der Waals surface area contributed by atoms with Gasteiger partial charge < -0.3 is 10.1 Å². The minimum absolute atomic E-state index is 0.137. The molecule has 0 aromatic heterocycles. The molecule has 0 amide bonds. The Balaban J connectivity index is 2.52. The average Bonchev–Trinajstić information content (AvgIpc) is 2.26. The number of benzene rings is 1. The van der Waals surface area contributed by atoms with Gasteiger partial charge in [0, 0.05) is 24.2 Å². The molecule has 1 N–H and O–H groups in total. The molecule has 0 spiro atoms. The van der Waals surface area contributed by atoms with Crippen molar-refractivity contribution >= 4 is 11.6 Å². The van der Waals surface area contributed by atoms with Crippen molar-refractivity contribution in [2.24, 2.45) is 0 Å². The smallest absolute Gasteiger partial charge is 0.0750 e. The van der Waals surface area contributed by atoms with Crippen molar-refractivity contribution in [3.8, 4) is 0 Å². The Bertz CT molecular complexity index is 352. The van der Waals surface area contributed by atoms with Gasteiger partial charge in [-0.2, -0.15) is 0 Å². The first-order chi connectivity index (χ1) is 7.94. The van der Waals surface area contributed by atoms with Gasteiger partial charge in [0.15, 0.2) is 0 Å². The van der Waals surface area contributed by atoms with Crippen LogP contribution in [0.1, 0.15) is 39.3 Å². The Hall–Kier alpha value is -0.570. The monoisotopic (exact) mass is 255 g/mol. The quantitative estimate of drug-likeness (QED) is 0.835. The molecule has 1 unspecified atom stereocenters. The lowest BCUT2D eigenvalue weighted by Gasteiger charge is -2.27. The van der Waals surface area contributed by atoms with Crippen molar-refractivity contribution in [1.29, 1.82) is 0 Å². The van der Waals surface area contributed by atoms with E-state index < -0.39 is 0 Å². The summed E-state index contributed by atoms with van der Waals surface area (Å²) in [6.07, 6.45) is 0. The third-order valence-electron chi connectivity index (χ3n) is 2.72. The van der Waals surface area contributed by atoms with E-state index in [2.05, 4.69) is 32.2 Å². The minimum atomic E-state index is -0.137. The number of nitrogens with one attached hydrogen (secondary N) is 1. The molecule has 0 saturated heterocycles. The van der Waals surface area contributed by atoms with Crippen LogP contribution in [0.15, 0.2) is 24.3 Å². The normalized spacial score (nSPS) is 13.7. The van der Waals surface area contributed by atoms with Gasteiger partial charge in [-0.05, 0) is 45.4 Å². The lowest BCUT2D eigenvalue weighted by Crippen LogP contribution is -2.38. The lowest BCUT2D eigenvalue weighted by molar-refractivity contribution is -0.0103. The standard InChI is InChI=1S/C14H22ClNO/c1-5-17-14(3,4)10-16-11(2)12-7-6-8-13(15)9-12/h6-9,11,16H,5,10H2,1-4H3. The molecule has 17 heavy (non-hydrogen) atoms. The van der Waals surface area contributed by atoms with Gasteiger partial charge in [-0.1, -0.05) is 23.7 Å². The zero-order valence-corrected chi connectivity index (χ0v) is 11.8. The van der Waals surface area contributed by atoms with Crippen LogP contribution in [0.2, 0.25) is 5.02 Å². The zero-order chi connectivity index (χ0) is 12.9. The van der Waals surface area contributed by atoms with E-state index in [1.807, 2.05) is 25.1 Å².